The Bertz CT molecular complexity index is 321. The first kappa shape index (κ1) is 8.44. The van der Waals surface area contributed by atoms with Crippen LogP contribution in [0.5, 0.6) is 0 Å². The van der Waals surface area contributed by atoms with Gasteiger partial charge in [-0.1, -0.05) is 0 Å². The van der Waals surface area contributed by atoms with Crippen LogP contribution in [0.2, 0.25) is 0 Å². The van der Waals surface area contributed by atoms with Crippen molar-refractivity contribution in [1.82, 2.24) is 0 Å². The van der Waals surface area contributed by atoms with Gasteiger partial charge in [0.2, 0.25) is 5.91 Å². The maximum absolute atomic E-state index is 11.1. The summed E-state index contributed by atoms with van der Waals surface area (Å²) in [6.07, 6.45) is 2.06. The van der Waals surface area contributed by atoms with E-state index in [4.69, 9.17) is 10.5 Å². The van der Waals surface area contributed by atoms with Gasteiger partial charge >= 0.3 is 0 Å². The van der Waals surface area contributed by atoms with Gasteiger partial charge in [0.25, 0.3) is 0 Å². The smallest absolute Gasteiger partial charge is 0.248 e. The second-order valence-electron chi connectivity index (χ2n) is 3.69. The highest BCUT2D eigenvalue weighted by Gasteiger charge is 2.50. The van der Waals surface area contributed by atoms with Crippen LogP contribution in [0.25, 0.3) is 0 Å². The molecule has 2 atom stereocenters. The number of carbonyl (C=O) groups is 2. The summed E-state index contributed by atoms with van der Waals surface area (Å²) in [5, 5.41) is 0. The lowest BCUT2D eigenvalue weighted by Gasteiger charge is -2.21. The topological polar surface area (TPSA) is 69.4 Å². The van der Waals surface area contributed by atoms with E-state index in [1.54, 1.807) is 0 Å². The Balaban J connectivity index is 2.53. The van der Waals surface area contributed by atoms with Crippen LogP contribution in [0.4, 0.5) is 0 Å². The summed E-state index contributed by atoms with van der Waals surface area (Å²) < 4.78 is 5.53. The maximum atomic E-state index is 11.1. The van der Waals surface area contributed by atoms with Crippen molar-refractivity contribution < 1.29 is 14.3 Å². The molecular weight excluding hydrogens is 170 g/mol. The van der Waals surface area contributed by atoms with Crippen molar-refractivity contribution in [3.63, 3.8) is 0 Å². The molecule has 2 bridgehead atoms. The Labute approximate surface area is 75.7 Å². The van der Waals surface area contributed by atoms with Gasteiger partial charge in [-0.15, -0.1) is 0 Å². The number of ether oxygens (including phenoxy) is 1. The Morgan fingerprint density at radius 1 is 1.77 bits per heavy atom. The second kappa shape index (κ2) is 2.42. The zero-order valence-electron chi connectivity index (χ0n) is 7.37. The van der Waals surface area contributed by atoms with Crippen LogP contribution in [0.3, 0.4) is 0 Å². The van der Waals surface area contributed by atoms with Crippen LogP contribution in [0.15, 0.2) is 11.1 Å². The lowest BCUT2D eigenvalue weighted by atomic mass is 9.83. The van der Waals surface area contributed by atoms with Gasteiger partial charge in [-0.3, -0.25) is 9.59 Å². The van der Waals surface area contributed by atoms with Crippen molar-refractivity contribution in [2.45, 2.75) is 31.5 Å². The first-order chi connectivity index (χ1) is 6.08. The summed E-state index contributed by atoms with van der Waals surface area (Å²) in [6.45, 7) is 1.81. The highest BCUT2D eigenvalue weighted by Crippen LogP contribution is 2.46. The average Bonchev–Trinajstić information content (AvgIpc) is 2.55. The number of nitrogens with two attached hydrogens (primary N) is 1. The molecular formula is C9H11NO3. The van der Waals surface area contributed by atoms with E-state index in [1.807, 2.05) is 6.92 Å². The quantitative estimate of drug-likeness (QED) is 0.606. The van der Waals surface area contributed by atoms with E-state index in [9.17, 15) is 9.59 Å². The van der Waals surface area contributed by atoms with Crippen LogP contribution in [-0.4, -0.2) is 23.9 Å². The van der Waals surface area contributed by atoms with Crippen molar-refractivity contribution in [2.24, 2.45) is 5.73 Å². The largest absolute Gasteiger partial charge is 0.366 e. The molecule has 70 valence electrons. The zero-order valence-corrected chi connectivity index (χ0v) is 7.37. The fourth-order valence-electron chi connectivity index (χ4n) is 2.25. The van der Waals surface area contributed by atoms with Gasteiger partial charge in [0.05, 0.1) is 17.3 Å². The third-order valence-electron chi connectivity index (χ3n) is 2.82. The van der Waals surface area contributed by atoms with E-state index in [2.05, 4.69) is 0 Å². The van der Waals surface area contributed by atoms with E-state index < -0.39 is 11.5 Å². The van der Waals surface area contributed by atoms with Gasteiger partial charge in [0.15, 0.2) is 0 Å². The van der Waals surface area contributed by atoms with Gasteiger partial charge < -0.3 is 10.5 Å². The predicted octanol–water partition coefficient (Wildman–Crippen LogP) is -0.0815. The molecule has 2 aliphatic rings. The molecule has 0 aromatic carbocycles. The molecule has 0 saturated carbocycles. The molecule has 0 radical (unpaired) electrons. The van der Waals surface area contributed by atoms with Crippen molar-refractivity contribution in [3.05, 3.63) is 11.1 Å². The van der Waals surface area contributed by atoms with Crippen molar-refractivity contribution >= 4 is 12.2 Å². The van der Waals surface area contributed by atoms with Crippen molar-refractivity contribution in [2.75, 3.05) is 0 Å². The summed E-state index contributed by atoms with van der Waals surface area (Å²) in [6, 6.07) is 0. The lowest BCUT2D eigenvalue weighted by Crippen LogP contribution is -2.32. The Morgan fingerprint density at radius 3 is 2.92 bits per heavy atom. The van der Waals surface area contributed by atoms with Crippen LogP contribution in [0.1, 0.15) is 19.8 Å². The summed E-state index contributed by atoms with van der Waals surface area (Å²) in [7, 11) is 0. The highest BCUT2D eigenvalue weighted by molar-refractivity contribution is 6.01. The number of rotatable bonds is 2. The number of carbonyl (C=O) groups excluding carboxylic acids is 2. The summed E-state index contributed by atoms with van der Waals surface area (Å²) in [5.74, 6) is -0.535. The van der Waals surface area contributed by atoms with Gasteiger partial charge in [0.1, 0.15) is 6.29 Å². The van der Waals surface area contributed by atoms with Crippen molar-refractivity contribution in [3.8, 4) is 0 Å². The minimum atomic E-state index is -0.604. The third-order valence-corrected chi connectivity index (χ3v) is 2.82. The predicted molar refractivity (Wildman–Crippen MR) is 44.8 cm³/mol. The number of hydrogen-bond acceptors (Lipinski definition) is 3. The molecule has 2 rings (SSSR count). The molecule has 1 saturated heterocycles. The summed E-state index contributed by atoms with van der Waals surface area (Å²) in [4.78, 5) is 21.8. The first-order valence-corrected chi connectivity index (χ1v) is 4.26. The number of amides is 1. The molecule has 2 heterocycles. The fraction of sp³-hybridized carbons (Fsp3) is 0.556. The molecule has 13 heavy (non-hydrogen) atoms. The molecule has 4 nitrogen and oxygen atoms in total. The van der Waals surface area contributed by atoms with E-state index in [1.165, 1.54) is 0 Å². The van der Waals surface area contributed by atoms with Gasteiger partial charge in [0, 0.05) is 5.57 Å². The van der Waals surface area contributed by atoms with Gasteiger partial charge in [-0.25, -0.2) is 0 Å². The van der Waals surface area contributed by atoms with Crippen LogP contribution < -0.4 is 5.73 Å². The van der Waals surface area contributed by atoms with Crippen LogP contribution in [-0.2, 0) is 14.3 Å². The molecule has 2 aliphatic heterocycles. The number of primary amides is 1. The van der Waals surface area contributed by atoms with E-state index in [-0.39, 0.29) is 6.10 Å². The molecule has 1 amide bonds. The molecule has 4 heteroatoms. The third kappa shape index (κ3) is 0.951. The minimum absolute atomic E-state index is 0.204. The number of hydrogen-bond donors (Lipinski definition) is 1. The fourth-order valence-corrected chi connectivity index (χ4v) is 2.25. The molecule has 0 spiro atoms. The minimum Gasteiger partial charge on any atom is -0.366 e. The second-order valence-corrected chi connectivity index (χ2v) is 3.69. The van der Waals surface area contributed by atoms with Crippen LogP contribution >= 0.6 is 0 Å². The normalized spacial score (nSPS) is 36.8. The number of aldehydes is 1. The van der Waals surface area contributed by atoms with Gasteiger partial charge in [-0.2, -0.15) is 0 Å². The van der Waals surface area contributed by atoms with E-state index >= 15 is 0 Å². The monoisotopic (exact) mass is 181 g/mol. The SMILES string of the molecule is CC12CCC(O1)C(C=O)=C2C(N)=O. The molecule has 2 unspecified atom stereocenters. The Hall–Kier alpha value is -1.16. The van der Waals surface area contributed by atoms with Crippen molar-refractivity contribution in [1.29, 1.82) is 0 Å². The van der Waals surface area contributed by atoms with Gasteiger partial charge in [-0.05, 0) is 19.8 Å². The molecule has 0 aromatic rings. The highest BCUT2D eigenvalue weighted by atomic mass is 16.5. The number of fused-ring (bicyclic) bond motifs is 2. The maximum Gasteiger partial charge on any atom is 0.248 e. The zero-order chi connectivity index (χ0) is 9.64. The molecule has 0 aliphatic carbocycles. The standard InChI is InChI=1S/C9H11NO3/c1-9-3-2-6(13-9)5(4-11)7(9)8(10)12/h4,6H,2-3H2,1H3,(H2,10,12). The summed E-state index contributed by atoms with van der Waals surface area (Å²) in [5.41, 5.74) is 5.41. The van der Waals surface area contributed by atoms with E-state index in [0.717, 1.165) is 12.8 Å². The molecule has 0 aromatic heterocycles. The molecule has 1 fully saturated rings. The lowest BCUT2D eigenvalue weighted by molar-refractivity contribution is -0.116. The van der Waals surface area contributed by atoms with E-state index in [0.29, 0.717) is 17.4 Å². The Morgan fingerprint density at radius 2 is 2.46 bits per heavy atom. The van der Waals surface area contributed by atoms with Crippen LogP contribution in [0, 0.1) is 0 Å². The Kier molecular flexibility index (Phi) is 1.57. The average molecular weight is 181 g/mol. The first-order valence-electron chi connectivity index (χ1n) is 4.26. The molecule has 2 N–H and O–H groups in total. The summed E-state index contributed by atoms with van der Waals surface area (Å²) >= 11 is 0.